The molecule has 2 heterocycles. The van der Waals surface area contributed by atoms with Gasteiger partial charge in [0.25, 0.3) is 0 Å². The molecule has 240 valence electrons. The molecular formula is C37H46N8O. The number of tetrazole rings is 1. The van der Waals surface area contributed by atoms with E-state index in [-0.39, 0.29) is 12.1 Å². The van der Waals surface area contributed by atoms with Gasteiger partial charge in [0.1, 0.15) is 5.82 Å². The molecule has 0 radical (unpaired) electrons. The van der Waals surface area contributed by atoms with E-state index in [4.69, 9.17) is 4.98 Å². The van der Waals surface area contributed by atoms with E-state index in [2.05, 4.69) is 93.7 Å². The first-order valence-electron chi connectivity index (χ1n) is 17.1. The van der Waals surface area contributed by atoms with Crippen LogP contribution in [0.2, 0.25) is 0 Å². The Morgan fingerprint density at radius 2 is 1.78 bits per heavy atom. The Hall–Kier alpha value is -4.53. The van der Waals surface area contributed by atoms with Gasteiger partial charge in [-0.15, -0.1) is 10.2 Å². The van der Waals surface area contributed by atoms with Gasteiger partial charge in [0, 0.05) is 30.3 Å². The van der Waals surface area contributed by atoms with E-state index in [1.54, 1.807) is 0 Å². The van der Waals surface area contributed by atoms with Gasteiger partial charge in [0.05, 0.1) is 16.7 Å². The van der Waals surface area contributed by atoms with E-state index in [0.29, 0.717) is 12.4 Å². The van der Waals surface area contributed by atoms with Crippen molar-refractivity contribution in [2.75, 3.05) is 11.4 Å². The molecule has 2 N–H and O–H groups in total. The van der Waals surface area contributed by atoms with Gasteiger partial charge in [0.15, 0.2) is 0 Å². The number of benzene rings is 3. The van der Waals surface area contributed by atoms with Crippen LogP contribution in [0.15, 0.2) is 60.7 Å². The minimum Gasteiger partial charge on any atom is -0.335 e. The molecule has 6 rings (SSSR count). The number of hydrogen-bond acceptors (Lipinski definition) is 5. The third-order valence-corrected chi connectivity index (χ3v) is 9.27. The number of amides is 2. The fraction of sp³-hybridized carbons (Fsp3) is 0.432. The normalized spacial score (nSPS) is 13.7. The highest BCUT2D eigenvalue weighted by Gasteiger charge is 2.24. The van der Waals surface area contributed by atoms with Crippen molar-refractivity contribution in [2.45, 2.75) is 97.4 Å². The van der Waals surface area contributed by atoms with E-state index in [1.165, 1.54) is 19.3 Å². The van der Waals surface area contributed by atoms with Crippen LogP contribution in [0.5, 0.6) is 0 Å². The summed E-state index contributed by atoms with van der Waals surface area (Å²) in [6.45, 7) is 7.22. The summed E-state index contributed by atoms with van der Waals surface area (Å²) in [6, 6.07) is 21.2. The Balaban J connectivity index is 1.44. The summed E-state index contributed by atoms with van der Waals surface area (Å²) in [5.74, 6) is 1.57. The summed E-state index contributed by atoms with van der Waals surface area (Å²) in [4.78, 5) is 20.8. The molecule has 0 bridgehead atoms. The van der Waals surface area contributed by atoms with Crippen molar-refractivity contribution in [3.63, 3.8) is 0 Å². The molecule has 0 saturated heterocycles. The molecule has 0 aliphatic heterocycles. The smallest absolute Gasteiger partial charge is 0.322 e. The van der Waals surface area contributed by atoms with Crippen LogP contribution in [0, 0.1) is 6.92 Å². The number of nitrogens with zero attached hydrogens (tertiary/aromatic N) is 6. The summed E-state index contributed by atoms with van der Waals surface area (Å²) >= 11 is 0. The molecule has 1 fully saturated rings. The van der Waals surface area contributed by atoms with Crippen LogP contribution in [0.1, 0.15) is 89.4 Å². The van der Waals surface area contributed by atoms with Crippen molar-refractivity contribution in [2.24, 2.45) is 0 Å². The highest BCUT2D eigenvalue weighted by Crippen LogP contribution is 2.38. The summed E-state index contributed by atoms with van der Waals surface area (Å²) in [5, 5.41) is 18.7. The minimum atomic E-state index is 0.00471. The molecule has 0 unspecified atom stereocenters. The van der Waals surface area contributed by atoms with Crippen LogP contribution < -0.4 is 10.2 Å². The van der Waals surface area contributed by atoms with Gasteiger partial charge in [-0.3, -0.25) is 9.47 Å². The average molecular weight is 619 g/mol. The number of fused-ring (bicyclic) bond motifs is 1. The second-order valence-corrected chi connectivity index (χ2v) is 12.5. The molecule has 1 saturated carbocycles. The molecule has 1 aliphatic rings. The van der Waals surface area contributed by atoms with E-state index in [9.17, 15) is 4.79 Å². The third kappa shape index (κ3) is 6.69. The molecule has 3 aromatic carbocycles. The first-order valence-corrected chi connectivity index (χ1v) is 17.1. The predicted molar refractivity (Wildman–Crippen MR) is 185 cm³/mol. The Morgan fingerprint density at radius 3 is 2.52 bits per heavy atom. The maximum atomic E-state index is 13.7. The number of rotatable bonds is 12. The fourth-order valence-electron chi connectivity index (χ4n) is 6.78. The largest absolute Gasteiger partial charge is 0.335 e. The lowest BCUT2D eigenvalue weighted by Gasteiger charge is -2.28. The van der Waals surface area contributed by atoms with E-state index in [1.807, 2.05) is 23.1 Å². The van der Waals surface area contributed by atoms with Crippen molar-refractivity contribution < 1.29 is 4.79 Å². The molecule has 5 aromatic rings. The average Bonchev–Trinajstić information content (AvgIpc) is 3.74. The number of nitrogens with one attached hydrogen (secondary N) is 2. The Morgan fingerprint density at radius 1 is 0.978 bits per heavy atom. The highest BCUT2D eigenvalue weighted by atomic mass is 16.2. The summed E-state index contributed by atoms with van der Waals surface area (Å²) in [7, 11) is 0. The number of imidazole rings is 1. The van der Waals surface area contributed by atoms with Gasteiger partial charge in [-0.2, -0.15) is 5.21 Å². The van der Waals surface area contributed by atoms with Crippen LogP contribution in [-0.4, -0.2) is 48.8 Å². The molecule has 2 amide bonds. The SMILES string of the molecule is CCCCCN(C(=O)NC1CCCCC1)c1ccc2c(c1)nc(CCCC)n2-c1ccc(-c2ccccc2)c(-c2nn[nH]n2)c1C. The minimum absolute atomic E-state index is 0.00471. The van der Waals surface area contributed by atoms with Crippen molar-refractivity contribution in [1.29, 1.82) is 0 Å². The van der Waals surface area contributed by atoms with Gasteiger partial charge < -0.3 is 5.32 Å². The number of carbonyl (C=O) groups excluding carboxylic acids is 1. The quantitative estimate of drug-likeness (QED) is 0.136. The van der Waals surface area contributed by atoms with Crippen LogP contribution in [0.3, 0.4) is 0 Å². The number of H-pyrrole nitrogens is 1. The van der Waals surface area contributed by atoms with Gasteiger partial charge in [-0.25, -0.2) is 9.78 Å². The molecule has 46 heavy (non-hydrogen) atoms. The number of urea groups is 1. The molecule has 9 nitrogen and oxygen atoms in total. The van der Waals surface area contributed by atoms with Gasteiger partial charge in [0.2, 0.25) is 5.82 Å². The van der Waals surface area contributed by atoms with Gasteiger partial charge in [-0.1, -0.05) is 88.8 Å². The molecule has 0 spiro atoms. The zero-order valence-electron chi connectivity index (χ0n) is 27.4. The van der Waals surface area contributed by atoms with E-state index < -0.39 is 0 Å². The lowest BCUT2D eigenvalue weighted by Crippen LogP contribution is -2.46. The second-order valence-electron chi connectivity index (χ2n) is 12.5. The first-order chi connectivity index (χ1) is 22.6. The lowest BCUT2D eigenvalue weighted by molar-refractivity contribution is 0.238. The van der Waals surface area contributed by atoms with Crippen LogP contribution >= 0.6 is 0 Å². The summed E-state index contributed by atoms with van der Waals surface area (Å²) < 4.78 is 2.28. The van der Waals surface area contributed by atoms with Crippen LogP contribution in [0.25, 0.3) is 39.2 Å². The maximum absolute atomic E-state index is 13.7. The molecule has 2 aromatic heterocycles. The van der Waals surface area contributed by atoms with Crippen molar-refractivity contribution in [3.8, 4) is 28.2 Å². The number of hydrogen-bond donors (Lipinski definition) is 2. The predicted octanol–water partition coefficient (Wildman–Crippen LogP) is 8.56. The summed E-state index contributed by atoms with van der Waals surface area (Å²) in [5.41, 5.74) is 7.99. The standard InChI is InChI=1S/C37H46N8O/c1-4-6-14-24-44(37(46)38-28-17-12-9-13-18-28)29-20-22-33-31(25-29)39-34(19-7-5-2)45(33)32-23-21-30(27-15-10-8-11-16-27)35(26(32)3)36-40-42-43-41-36/h8,10-11,15-16,20-23,25,28H,4-7,9,12-14,17-19,24H2,1-3H3,(H,38,46)(H,40,41,42,43). The van der Waals surface area contributed by atoms with Crippen molar-refractivity contribution in [3.05, 3.63) is 72.1 Å². The Kier molecular flexibility index (Phi) is 10.1. The lowest BCUT2D eigenvalue weighted by atomic mass is 9.94. The zero-order valence-corrected chi connectivity index (χ0v) is 27.4. The number of carbonyl (C=O) groups is 1. The second kappa shape index (κ2) is 14.7. The van der Waals surface area contributed by atoms with E-state index in [0.717, 1.165) is 102 Å². The maximum Gasteiger partial charge on any atom is 0.322 e. The molecule has 9 heteroatoms. The number of unbranched alkanes of at least 4 members (excludes halogenated alkanes) is 3. The number of aromatic nitrogens is 6. The number of aromatic amines is 1. The Labute approximate surface area is 271 Å². The van der Waals surface area contributed by atoms with Crippen molar-refractivity contribution >= 4 is 22.8 Å². The molecular weight excluding hydrogens is 572 g/mol. The van der Waals surface area contributed by atoms with Gasteiger partial charge in [-0.05, 0) is 78.8 Å². The topological polar surface area (TPSA) is 105 Å². The zero-order chi connectivity index (χ0) is 31.9. The monoisotopic (exact) mass is 618 g/mol. The number of anilines is 1. The van der Waals surface area contributed by atoms with Crippen LogP contribution in [-0.2, 0) is 6.42 Å². The molecule has 1 aliphatic carbocycles. The first kappa shape index (κ1) is 31.5. The highest BCUT2D eigenvalue weighted by molar-refractivity contribution is 5.95. The molecule has 0 atom stereocenters. The van der Waals surface area contributed by atoms with E-state index >= 15 is 0 Å². The number of aryl methyl sites for hydroxylation is 1. The third-order valence-electron chi connectivity index (χ3n) is 9.27. The van der Waals surface area contributed by atoms with Crippen molar-refractivity contribution in [1.82, 2.24) is 35.5 Å². The van der Waals surface area contributed by atoms with Gasteiger partial charge >= 0.3 is 6.03 Å². The van der Waals surface area contributed by atoms with Crippen LogP contribution in [0.4, 0.5) is 10.5 Å². The Bertz CT molecular complexity index is 1740. The fourth-order valence-corrected chi connectivity index (χ4v) is 6.78. The summed E-state index contributed by atoms with van der Waals surface area (Å²) in [6.07, 6.45) is 11.9.